The van der Waals surface area contributed by atoms with Gasteiger partial charge in [-0.05, 0) is 44.0 Å². The van der Waals surface area contributed by atoms with Crippen LogP contribution in [0.5, 0.6) is 11.8 Å². The van der Waals surface area contributed by atoms with Crippen molar-refractivity contribution in [3.63, 3.8) is 0 Å². The number of nitriles is 1. The fourth-order valence-electron chi connectivity index (χ4n) is 5.13. The van der Waals surface area contributed by atoms with Crippen LogP contribution in [0.3, 0.4) is 0 Å². The average molecular weight is 644 g/mol. The van der Waals surface area contributed by atoms with E-state index in [9.17, 15) is 27.5 Å². The van der Waals surface area contributed by atoms with Gasteiger partial charge >= 0.3 is 12.1 Å². The Morgan fingerprint density at radius 3 is 2.74 bits per heavy atom. The Balaban J connectivity index is 1.21. The van der Waals surface area contributed by atoms with E-state index in [1.165, 1.54) is 24.5 Å². The summed E-state index contributed by atoms with van der Waals surface area (Å²) in [5.41, 5.74) is 1.14. The minimum Gasteiger partial charge on any atom is -0.478 e. The molecule has 0 radical (unpaired) electrons. The first-order valence-corrected chi connectivity index (χ1v) is 14.3. The Bertz CT molecular complexity index is 1740. The van der Waals surface area contributed by atoms with Crippen molar-refractivity contribution in [1.82, 2.24) is 29.4 Å². The van der Waals surface area contributed by atoms with Gasteiger partial charge in [0.15, 0.2) is 11.6 Å². The molecule has 1 N–H and O–H groups in total. The second-order valence-electron chi connectivity index (χ2n) is 10.7. The molecular weight excluding hydrogens is 614 g/mol. The number of pyridine rings is 1. The van der Waals surface area contributed by atoms with Gasteiger partial charge < -0.3 is 23.9 Å². The van der Waals surface area contributed by atoms with E-state index in [0.717, 1.165) is 6.07 Å². The lowest BCUT2D eigenvalue weighted by atomic mass is 10.0. The number of carbonyl (C=O) groups is 1. The van der Waals surface area contributed by atoms with Gasteiger partial charge in [0.2, 0.25) is 5.88 Å². The van der Waals surface area contributed by atoms with Gasteiger partial charge in [-0.3, -0.25) is 4.90 Å². The highest BCUT2D eigenvalue weighted by Crippen LogP contribution is 2.26. The molecule has 1 aromatic carbocycles. The Morgan fingerprint density at radius 1 is 1.20 bits per heavy atom. The fraction of sp³-hybridized carbons (Fsp3) is 0.400. The summed E-state index contributed by atoms with van der Waals surface area (Å²) in [5, 5.41) is 18.3. The standard InChI is InChI=1S/C30H29F4N7O5/c1-18-10-21(46-27-4-6-36-25(39-27)16-45-28-22(31)11-19(13-35)14-37-28)5-7-40(18)15-26-38-23-3-2-20(29(42)43)12-24(23)41(26)8-9-44-17-30(32,33)34/h2-4,6,11-12,14,18,21H,5,7-10,15-17H2,1H3,(H,42,43)/t18-,21-/m0/s1. The summed E-state index contributed by atoms with van der Waals surface area (Å²) in [6, 6.07) is 8.93. The van der Waals surface area contributed by atoms with Crippen molar-refractivity contribution in [2.24, 2.45) is 0 Å². The van der Waals surface area contributed by atoms with Crippen LogP contribution in [0, 0.1) is 17.1 Å². The fourth-order valence-corrected chi connectivity index (χ4v) is 5.13. The van der Waals surface area contributed by atoms with E-state index in [1.54, 1.807) is 22.8 Å². The molecule has 1 aliphatic rings. The van der Waals surface area contributed by atoms with Gasteiger partial charge in [0.25, 0.3) is 5.88 Å². The first kappa shape index (κ1) is 32.5. The van der Waals surface area contributed by atoms with Crippen molar-refractivity contribution in [3.05, 3.63) is 71.3 Å². The van der Waals surface area contributed by atoms with E-state index in [4.69, 9.17) is 19.5 Å². The van der Waals surface area contributed by atoms with Gasteiger partial charge in [-0.15, -0.1) is 0 Å². The number of imidazole rings is 1. The molecule has 1 saturated heterocycles. The summed E-state index contributed by atoms with van der Waals surface area (Å²) in [6.45, 7) is 1.30. The number of rotatable bonds is 12. The first-order chi connectivity index (χ1) is 22.0. The molecule has 12 nitrogen and oxygen atoms in total. The molecule has 1 fully saturated rings. The number of benzene rings is 1. The summed E-state index contributed by atoms with van der Waals surface area (Å²) in [7, 11) is 0. The number of carboxylic acids is 1. The normalized spacial score (nSPS) is 17.1. The van der Waals surface area contributed by atoms with Gasteiger partial charge in [-0.2, -0.15) is 23.4 Å². The van der Waals surface area contributed by atoms with Gasteiger partial charge in [-0.25, -0.2) is 24.1 Å². The summed E-state index contributed by atoms with van der Waals surface area (Å²) in [4.78, 5) is 30.7. The number of ether oxygens (including phenoxy) is 3. The maximum Gasteiger partial charge on any atom is 0.411 e. The minimum absolute atomic E-state index is 0.0261. The molecular formula is C30H29F4N7O5. The lowest BCUT2D eigenvalue weighted by Gasteiger charge is -2.37. The third-order valence-electron chi connectivity index (χ3n) is 7.35. The highest BCUT2D eigenvalue weighted by Gasteiger charge is 2.29. The van der Waals surface area contributed by atoms with Crippen molar-refractivity contribution in [1.29, 1.82) is 5.26 Å². The average Bonchev–Trinajstić information content (AvgIpc) is 3.35. The molecule has 2 atom stereocenters. The van der Waals surface area contributed by atoms with Gasteiger partial charge in [0.1, 0.15) is 31.2 Å². The van der Waals surface area contributed by atoms with E-state index in [-0.39, 0.29) is 54.7 Å². The van der Waals surface area contributed by atoms with Crippen LogP contribution in [0.1, 0.15) is 47.3 Å². The van der Waals surface area contributed by atoms with Crippen LogP contribution in [0.4, 0.5) is 17.6 Å². The van der Waals surface area contributed by atoms with E-state index in [2.05, 4.69) is 24.8 Å². The van der Waals surface area contributed by atoms with Crippen molar-refractivity contribution >= 4 is 17.0 Å². The summed E-state index contributed by atoms with van der Waals surface area (Å²) >= 11 is 0. The summed E-state index contributed by atoms with van der Waals surface area (Å²) in [5.74, 6) is -1.03. The lowest BCUT2D eigenvalue weighted by Crippen LogP contribution is -2.44. The number of halogens is 4. The monoisotopic (exact) mass is 643 g/mol. The number of fused-ring (bicyclic) bond motifs is 1. The molecule has 4 aromatic rings. The zero-order valence-electron chi connectivity index (χ0n) is 24.6. The van der Waals surface area contributed by atoms with E-state index in [0.29, 0.717) is 48.7 Å². The van der Waals surface area contributed by atoms with Crippen LogP contribution in [0.25, 0.3) is 11.0 Å². The van der Waals surface area contributed by atoms with Crippen LogP contribution in [-0.4, -0.2) is 78.6 Å². The van der Waals surface area contributed by atoms with Gasteiger partial charge in [-0.1, -0.05) is 0 Å². The Kier molecular flexibility index (Phi) is 9.93. The van der Waals surface area contributed by atoms with Crippen molar-refractivity contribution in [2.45, 2.75) is 57.8 Å². The molecule has 0 bridgehead atoms. The number of carboxylic acid groups (broad SMARTS) is 1. The van der Waals surface area contributed by atoms with Crippen LogP contribution in [-0.2, 0) is 24.4 Å². The predicted molar refractivity (Wildman–Crippen MR) is 152 cm³/mol. The molecule has 5 rings (SSSR count). The maximum atomic E-state index is 14.1. The van der Waals surface area contributed by atoms with Crippen LogP contribution in [0.2, 0.25) is 0 Å². The number of piperidine rings is 1. The van der Waals surface area contributed by atoms with Crippen molar-refractivity contribution < 1.29 is 41.7 Å². The van der Waals surface area contributed by atoms with E-state index in [1.807, 2.05) is 6.92 Å². The molecule has 4 heterocycles. The SMILES string of the molecule is C[C@H]1C[C@@H](Oc2ccnc(COc3ncc(C#N)cc3F)n2)CCN1Cc1nc2ccc(C(=O)O)cc2n1CCOCC(F)(F)F. The molecule has 3 aromatic heterocycles. The molecule has 0 saturated carbocycles. The molecule has 16 heteroatoms. The number of aromatic carboxylic acids is 1. The summed E-state index contributed by atoms with van der Waals surface area (Å²) < 4.78 is 69.9. The van der Waals surface area contributed by atoms with Gasteiger partial charge in [0, 0.05) is 37.6 Å². The third-order valence-corrected chi connectivity index (χ3v) is 7.35. The smallest absolute Gasteiger partial charge is 0.411 e. The topological polar surface area (TPSA) is 149 Å². The quantitative estimate of drug-likeness (QED) is 0.172. The Labute approximate surface area is 260 Å². The second kappa shape index (κ2) is 14.0. The number of likely N-dealkylation sites (tertiary alicyclic amines) is 1. The Hall–Kier alpha value is -4.88. The highest BCUT2D eigenvalue weighted by atomic mass is 19.4. The molecule has 1 aliphatic heterocycles. The highest BCUT2D eigenvalue weighted by molar-refractivity contribution is 5.92. The van der Waals surface area contributed by atoms with Crippen molar-refractivity contribution in [3.8, 4) is 17.8 Å². The molecule has 46 heavy (non-hydrogen) atoms. The maximum absolute atomic E-state index is 14.1. The predicted octanol–water partition coefficient (Wildman–Crippen LogP) is 4.52. The molecule has 0 amide bonds. The first-order valence-electron chi connectivity index (χ1n) is 14.3. The van der Waals surface area contributed by atoms with Crippen molar-refractivity contribution in [2.75, 3.05) is 19.8 Å². The van der Waals surface area contributed by atoms with Crippen LogP contribution >= 0.6 is 0 Å². The number of hydrogen-bond acceptors (Lipinski definition) is 10. The number of nitrogens with zero attached hydrogens (tertiary/aromatic N) is 7. The Morgan fingerprint density at radius 2 is 2.02 bits per heavy atom. The van der Waals surface area contributed by atoms with E-state index >= 15 is 0 Å². The zero-order valence-corrected chi connectivity index (χ0v) is 24.6. The molecule has 0 unspecified atom stereocenters. The lowest BCUT2D eigenvalue weighted by molar-refractivity contribution is -0.174. The number of hydrogen-bond donors (Lipinski definition) is 1. The van der Waals surface area contributed by atoms with Crippen LogP contribution < -0.4 is 9.47 Å². The molecule has 0 spiro atoms. The third kappa shape index (κ3) is 8.23. The van der Waals surface area contributed by atoms with E-state index < -0.39 is 24.6 Å². The van der Waals surface area contributed by atoms with Gasteiger partial charge in [0.05, 0.1) is 35.3 Å². The number of aromatic nitrogens is 5. The zero-order chi connectivity index (χ0) is 32.8. The summed E-state index contributed by atoms with van der Waals surface area (Å²) in [6.07, 6.45) is -0.666. The second-order valence-corrected chi connectivity index (χ2v) is 10.7. The minimum atomic E-state index is -4.46. The largest absolute Gasteiger partial charge is 0.478 e. The van der Waals surface area contributed by atoms with Crippen LogP contribution in [0.15, 0.2) is 42.7 Å². The molecule has 0 aliphatic carbocycles. The number of alkyl halides is 3. The molecule has 242 valence electrons.